The van der Waals surface area contributed by atoms with Gasteiger partial charge in [0.2, 0.25) is 0 Å². The molecule has 1 N–H and O–H groups in total. The molecule has 2 nitrogen and oxygen atoms in total. The predicted octanol–water partition coefficient (Wildman–Crippen LogP) is 4.73. The van der Waals surface area contributed by atoms with Crippen molar-refractivity contribution in [2.24, 2.45) is 11.8 Å². The van der Waals surface area contributed by atoms with Gasteiger partial charge in [-0.25, -0.2) is 0 Å². The summed E-state index contributed by atoms with van der Waals surface area (Å²) >= 11 is 6.38. The van der Waals surface area contributed by atoms with Gasteiger partial charge in [0.05, 0.1) is 17.3 Å². The largest absolute Gasteiger partial charge is 0.392 e. The first-order valence-electron chi connectivity index (χ1n) is 7.58. The van der Waals surface area contributed by atoms with E-state index in [4.69, 9.17) is 11.6 Å². The topological polar surface area (TPSA) is 23.5 Å². The first-order chi connectivity index (χ1) is 9.43. The first kappa shape index (κ1) is 17.3. The molecule has 0 spiro atoms. The fourth-order valence-corrected chi connectivity index (χ4v) is 2.41. The van der Waals surface area contributed by atoms with E-state index in [1.807, 2.05) is 18.2 Å². The summed E-state index contributed by atoms with van der Waals surface area (Å²) < 4.78 is 0. The highest BCUT2D eigenvalue weighted by Gasteiger charge is 2.12. The highest BCUT2D eigenvalue weighted by molar-refractivity contribution is 6.33. The van der Waals surface area contributed by atoms with Crippen molar-refractivity contribution < 1.29 is 5.11 Å². The number of nitrogens with zero attached hydrogens (tertiary/aromatic N) is 1. The minimum atomic E-state index is 0.0397. The SMILES string of the molecule is CC(C)CCN(CCC(C)C)c1ccc(CO)cc1Cl. The van der Waals surface area contributed by atoms with Crippen LogP contribution < -0.4 is 4.90 Å². The number of aliphatic hydroxyl groups is 1. The molecule has 0 fully saturated rings. The Labute approximate surface area is 128 Å². The van der Waals surface area contributed by atoms with Crippen molar-refractivity contribution in [3.8, 4) is 0 Å². The molecule has 0 aliphatic carbocycles. The van der Waals surface area contributed by atoms with Crippen LogP contribution in [-0.2, 0) is 6.61 Å². The van der Waals surface area contributed by atoms with Gasteiger partial charge in [-0.3, -0.25) is 0 Å². The Hall–Kier alpha value is -0.730. The molecule has 0 aliphatic heterocycles. The molecule has 3 heteroatoms. The van der Waals surface area contributed by atoms with Gasteiger partial charge >= 0.3 is 0 Å². The van der Waals surface area contributed by atoms with Gasteiger partial charge in [0.1, 0.15) is 0 Å². The summed E-state index contributed by atoms with van der Waals surface area (Å²) in [7, 11) is 0. The van der Waals surface area contributed by atoms with Crippen LogP contribution >= 0.6 is 11.6 Å². The molecule has 1 aromatic carbocycles. The van der Waals surface area contributed by atoms with Gasteiger partial charge in [-0.15, -0.1) is 0 Å². The molecule has 0 bridgehead atoms. The molecule has 0 heterocycles. The van der Waals surface area contributed by atoms with E-state index in [1.54, 1.807) is 0 Å². The van der Waals surface area contributed by atoms with Crippen LogP contribution in [0.4, 0.5) is 5.69 Å². The number of benzene rings is 1. The van der Waals surface area contributed by atoms with Crippen LogP contribution in [0, 0.1) is 11.8 Å². The third kappa shape index (κ3) is 5.72. The molecule has 0 amide bonds. The lowest BCUT2D eigenvalue weighted by molar-refractivity contribution is 0.282. The lowest BCUT2D eigenvalue weighted by Gasteiger charge is -2.27. The summed E-state index contributed by atoms with van der Waals surface area (Å²) in [6, 6.07) is 5.86. The second-order valence-electron chi connectivity index (χ2n) is 6.30. The summed E-state index contributed by atoms with van der Waals surface area (Å²) in [5, 5.41) is 9.91. The zero-order valence-electron chi connectivity index (χ0n) is 13.2. The quantitative estimate of drug-likeness (QED) is 0.750. The zero-order valence-corrected chi connectivity index (χ0v) is 14.0. The number of hydrogen-bond acceptors (Lipinski definition) is 2. The molecule has 0 unspecified atom stereocenters. The molecule has 0 aromatic heterocycles. The average molecular weight is 298 g/mol. The molecule has 0 atom stereocenters. The second kappa shape index (κ2) is 8.53. The standard InChI is InChI=1S/C17H28ClNO/c1-13(2)7-9-19(10-8-14(3)4)17-6-5-15(12-20)11-16(17)18/h5-6,11,13-14,20H,7-10,12H2,1-4H3. The molecule has 1 rings (SSSR count). The van der Waals surface area contributed by atoms with Crippen molar-refractivity contribution in [1.82, 2.24) is 0 Å². The van der Waals surface area contributed by atoms with Crippen LogP contribution in [0.25, 0.3) is 0 Å². The van der Waals surface area contributed by atoms with E-state index in [0.29, 0.717) is 11.8 Å². The van der Waals surface area contributed by atoms with Crippen molar-refractivity contribution in [1.29, 1.82) is 0 Å². The molecule has 114 valence electrons. The molecule has 0 saturated heterocycles. The van der Waals surface area contributed by atoms with Crippen LogP contribution in [0.15, 0.2) is 18.2 Å². The van der Waals surface area contributed by atoms with Crippen molar-refractivity contribution in [3.63, 3.8) is 0 Å². The van der Waals surface area contributed by atoms with E-state index < -0.39 is 0 Å². The van der Waals surface area contributed by atoms with Crippen molar-refractivity contribution >= 4 is 17.3 Å². The lowest BCUT2D eigenvalue weighted by Crippen LogP contribution is -2.27. The Morgan fingerprint density at radius 1 is 1.05 bits per heavy atom. The van der Waals surface area contributed by atoms with Crippen LogP contribution in [-0.4, -0.2) is 18.2 Å². The van der Waals surface area contributed by atoms with E-state index in [1.165, 1.54) is 0 Å². The molecule has 0 saturated carbocycles. The highest BCUT2D eigenvalue weighted by atomic mass is 35.5. The minimum absolute atomic E-state index is 0.0397. The van der Waals surface area contributed by atoms with Crippen LogP contribution in [0.3, 0.4) is 0 Å². The number of halogens is 1. The number of rotatable bonds is 8. The maximum atomic E-state index is 9.17. The van der Waals surface area contributed by atoms with Crippen LogP contribution in [0.2, 0.25) is 5.02 Å². The summed E-state index contributed by atoms with van der Waals surface area (Å²) in [4.78, 5) is 2.38. The van der Waals surface area contributed by atoms with E-state index in [-0.39, 0.29) is 6.61 Å². The Morgan fingerprint density at radius 2 is 1.60 bits per heavy atom. The van der Waals surface area contributed by atoms with E-state index in [2.05, 4.69) is 32.6 Å². The Kier molecular flexibility index (Phi) is 7.39. The fraction of sp³-hybridized carbons (Fsp3) is 0.647. The number of anilines is 1. The van der Waals surface area contributed by atoms with Gasteiger partial charge in [0.15, 0.2) is 0 Å². The zero-order chi connectivity index (χ0) is 15.1. The third-order valence-corrected chi connectivity index (χ3v) is 3.79. The maximum absolute atomic E-state index is 9.17. The van der Waals surface area contributed by atoms with E-state index in [0.717, 1.165) is 42.2 Å². The molecule has 1 aromatic rings. The molecular weight excluding hydrogens is 270 g/mol. The number of aliphatic hydroxyl groups excluding tert-OH is 1. The second-order valence-corrected chi connectivity index (χ2v) is 6.70. The normalized spacial score (nSPS) is 11.4. The average Bonchev–Trinajstić information content (AvgIpc) is 2.39. The summed E-state index contributed by atoms with van der Waals surface area (Å²) in [5.74, 6) is 1.37. The Balaban J connectivity index is 2.84. The van der Waals surface area contributed by atoms with E-state index >= 15 is 0 Å². The molecular formula is C17H28ClNO. The highest BCUT2D eigenvalue weighted by Crippen LogP contribution is 2.28. The summed E-state index contributed by atoms with van der Waals surface area (Å²) in [6.45, 7) is 11.1. The summed E-state index contributed by atoms with van der Waals surface area (Å²) in [5.41, 5.74) is 1.96. The Bertz CT molecular complexity index is 392. The maximum Gasteiger partial charge on any atom is 0.0682 e. The molecule has 0 radical (unpaired) electrons. The van der Waals surface area contributed by atoms with Gasteiger partial charge < -0.3 is 10.0 Å². The smallest absolute Gasteiger partial charge is 0.0682 e. The van der Waals surface area contributed by atoms with Crippen molar-refractivity contribution in [3.05, 3.63) is 28.8 Å². The monoisotopic (exact) mass is 297 g/mol. The number of hydrogen-bond donors (Lipinski definition) is 1. The lowest BCUT2D eigenvalue weighted by atomic mass is 10.1. The van der Waals surface area contributed by atoms with Crippen molar-refractivity contribution in [2.75, 3.05) is 18.0 Å². The minimum Gasteiger partial charge on any atom is -0.392 e. The van der Waals surface area contributed by atoms with E-state index in [9.17, 15) is 5.11 Å². The van der Waals surface area contributed by atoms with Crippen LogP contribution in [0.5, 0.6) is 0 Å². The first-order valence-corrected chi connectivity index (χ1v) is 7.96. The molecule has 20 heavy (non-hydrogen) atoms. The summed E-state index contributed by atoms with van der Waals surface area (Å²) in [6.07, 6.45) is 2.33. The van der Waals surface area contributed by atoms with Gasteiger partial charge in [0.25, 0.3) is 0 Å². The fourth-order valence-electron chi connectivity index (χ4n) is 2.09. The van der Waals surface area contributed by atoms with Gasteiger partial charge in [-0.05, 0) is 42.4 Å². The van der Waals surface area contributed by atoms with Gasteiger partial charge in [0, 0.05) is 13.1 Å². The van der Waals surface area contributed by atoms with Gasteiger partial charge in [-0.2, -0.15) is 0 Å². The van der Waals surface area contributed by atoms with Gasteiger partial charge in [-0.1, -0.05) is 45.4 Å². The predicted molar refractivity (Wildman–Crippen MR) is 88.5 cm³/mol. The molecule has 0 aliphatic rings. The van der Waals surface area contributed by atoms with Crippen LogP contribution in [0.1, 0.15) is 46.1 Å². The van der Waals surface area contributed by atoms with Crippen molar-refractivity contribution in [2.45, 2.75) is 47.1 Å². The third-order valence-electron chi connectivity index (χ3n) is 3.49. The Morgan fingerprint density at radius 3 is 2.00 bits per heavy atom.